The molecule has 1 aliphatic heterocycles. The van der Waals surface area contributed by atoms with Crippen LogP contribution in [0.4, 0.5) is 0 Å². The van der Waals surface area contributed by atoms with E-state index in [0.29, 0.717) is 5.56 Å². The molecule has 1 aliphatic rings. The second-order valence-electron chi connectivity index (χ2n) is 5.14. The van der Waals surface area contributed by atoms with E-state index >= 15 is 0 Å². The minimum atomic E-state index is -1.07. The number of thioether (sulfide) groups is 1. The van der Waals surface area contributed by atoms with Gasteiger partial charge in [-0.15, -0.1) is 11.7 Å². The number of carboxylic acid groups (broad SMARTS) is 1. The first-order valence-corrected chi connectivity index (χ1v) is 8.05. The Morgan fingerprint density at radius 1 is 1.42 bits per heavy atom. The molecule has 126 valence electrons. The number of hydrazone groups is 1. The Kier molecular flexibility index (Phi) is 5.75. The molecule has 1 atom stereocenters. The maximum Gasteiger partial charge on any atom is 0.305 e. The number of amidine groups is 1. The summed E-state index contributed by atoms with van der Waals surface area (Å²) < 4.78 is 0. The highest BCUT2D eigenvalue weighted by atomic mass is 32.2. The van der Waals surface area contributed by atoms with Crippen LogP contribution in [0.2, 0.25) is 0 Å². The highest BCUT2D eigenvalue weighted by molar-refractivity contribution is 8.15. The van der Waals surface area contributed by atoms with E-state index in [1.807, 2.05) is 19.1 Å². The van der Waals surface area contributed by atoms with Gasteiger partial charge in [0, 0.05) is 12.1 Å². The van der Waals surface area contributed by atoms with Crippen LogP contribution in [0.25, 0.3) is 0 Å². The molecule has 0 spiro atoms. The summed E-state index contributed by atoms with van der Waals surface area (Å²) in [4.78, 5) is 36.4. The monoisotopic (exact) mass is 347 g/mol. The van der Waals surface area contributed by atoms with Crippen molar-refractivity contribution in [1.29, 1.82) is 0 Å². The fraction of sp³-hybridized carbons (Fsp3) is 0.250. The summed E-state index contributed by atoms with van der Waals surface area (Å²) >= 11 is 1.02. The van der Waals surface area contributed by atoms with E-state index in [1.54, 1.807) is 12.1 Å². The van der Waals surface area contributed by atoms with Crippen molar-refractivity contribution in [2.75, 3.05) is 6.54 Å². The lowest BCUT2D eigenvalue weighted by Gasteiger charge is -2.13. The Morgan fingerprint density at radius 2 is 2.08 bits per heavy atom. The fourth-order valence-electron chi connectivity index (χ4n) is 2.05. The maximum absolute atomic E-state index is 12.2. The van der Waals surface area contributed by atoms with E-state index in [-0.39, 0.29) is 24.0 Å². The molecule has 8 heteroatoms. The van der Waals surface area contributed by atoms with Gasteiger partial charge in [-0.3, -0.25) is 19.3 Å². The van der Waals surface area contributed by atoms with Gasteiger partial charge in [0.2, 0.25) is 5.91 Å². The van der Waals surface area contributed by atoms with Crippen LogP contribution >= 0.6 is 11.8 Å². The summed E-state index contributed by atoms with van der Waals surface area (Å²) in [6, 6.07) is 6.96. The molecule has 1 fully saturated rings. The van der Waals surface area contributed by atoms with Crippen LogP contribution in [-0.4, -0.2) is 44.8 Å². The Balaban J connectivity index is 2.12. The molecule has 1 saturated heterocycles. The van der Waals surface area contributed by atoms with Crippen molar-refractivity contribution in [3.63, 3.8) is 0 Å². The van der Waals surface area contributed by atoms with Gasteiger partial charge in [-0.1, -0.05) is 35.5 Å². The molecule has 1 aromatic rings. The van der Waals surface area contributed by atoms with E-state index in [9.17, 15) is 14.4 Å². The third-order valence-corrected chi connectivity index (χ3v) is 4.43. The fourth-order valence-corrected chi connectivity index (χ4v) is 3.15. The van der Waals surface area contributed by atoms with Gasteiger partial charge < -0.3 is 5.11 Å². The lowest BCUT2D eigenvalue weighted by molar-refractivity contribution is -0.139. The minimum Gasteiger partial charge on any atom is -0.481 e. The Morgan fingerprint density at radius 3 is 2.67 bits per heavy atom. The van der Waals surface area contributed by atoms with Crippen LogP contribution in [0, 0.1) is 6.92 Å². The van der Waals surface area contributed by atoms with Crippen molar-refractivity contribution in [1.82, 2.24) is 10.3 Å². The van der Waals surface area contributed by atoms with Crippen molar-refractivity contribution < 1.29 is 19.5 Å². The zero-order chi connectivity index (χ0) is 17.7. The van der Waals surface area contributed by atoms with Crippen LogP contribution in [-0.2, 0) is 9.59 Å². The number of carbonyl (C=O) groups excluding carboxylic acids is 2. The smallest absolute Gasteiger partial charge is 0.305 e. The number of aliphatic carboxylic acids is 1. The van der Waals surface area contributed by atoms with Crippen molar-refractivity contribution in [3.8, 4) is 0 Å². The second kappa shape index (κ2) is 7.78. The molecule has 0 aliphatic carbocycles. The normalized spacial score (nSPS) is 18.7. The number of nitrogens with zero attached hydrogens (tertiary/aromatic N) is 2. The van der Waals surface area contributed by atoms with E-state index in [0.717, 1.165) is 17.3 Å². The van der Waals surface area contributed by atoms with E-state index < -0.39 is 17.1 Å². The molecule has 1 heterocycles. The highest BCUT2D eigenvalue weighted by Gasteiger charge is 2.38. The van der Waals surface area contributed by atoms with Gasteiger partial charge in [0.25, 0.3) is 5.91 Å². The molecular weight excluding hydrogens is 330 g/mol. The molecule has 0 radical (unpaired) electrons. The molecule has 0 bridgehead atoms. The maximum atomic E-state index is 12.2. The van der Waals surface area contributed by atoms with Crippen molar-refractivity contribution in [2.45, 2.75) is 18.6 Å². The summed E-state index contributed by atoms with van der Waals surface area (Å²) in [5.74, 6) is -1.83. The van der Waals surface area contributed by atoms with Gasteiger partial charge in [-0.2, -0.15) is 0 Å². The molecule has 2 amide bonds. The van der Waals surface area contributed by atoms with Gasteiger partial charge in [0.1, 0.15) is 5.25 Å². The zero-order valence-corrected chi connectivity index (χ0v) is 13.9. The molecule has 1 unspecified atom stereocenters. The molecule has 7 nitrogen and oxygen atoms in total. The predicted molar refractivity (Wildman–Crippen MR) is 91.6 cm³/mol. The van der Waals surface area contributed by atoms with Gasteiger partial charge in [0.15, 0.2) is 5.17 Å². The molecule has 0 aromatic heterocycles. The van der Waals surface area contributed by atoms with Crippen molar-refractivity contribution >= 4 is 34.7 Å². The zero-order valence-electron chi connectivity index (χ0n) is 13.1. The van der Waals surface area contributed by atoms with Crippen LogP contribution in [0.15, 0.2) is 42.0 Å². The number of benzene rings is 1. The predicted octanol–water partition coefficient (Wildman–Crippen LogP) is 1.60. The Labute approximate surface area is 143 Å². The summed E-state index contributed by atoms with van der Waals surface area (Å²) in [6.45, 7) is 5.68. The first kappa shape index (κ1) is 17.7. The van der Waals surface area contributed by atoms with Crippen molar-refractivity contribution in [3.05, 3.63) is 48.0 Å². The summed E-state index contributed by atoms with van der Waals surface area (Å²) in [5, 5.41) is 12.3. The number of carbonyl (C=O) groups is 3. The standard InChI is InChI=1S/C16H17N3O4S/c1-3-8-19-15(23)12(9-13(20)21)24-16(19)18-17-14(22)11-6-4-10(2)5-7-11/h3-7,12H,1,8-9H2,2H3,(H,17,22)(H,20,21). The quantitative estimate of drug-likeness (QED) is 0.601. The molecule has 2 N–H and O–H groups in total. The first-order valence-electron chi connectivity index (χ1n) is 7.17. The van der Waals surface area contributed by atoms with E-state index in [1.165, 1.54) is 11.0 Å². The molecule has 2 rings (SSSR count). The number of amides is 2. The molecular formula is C16H17N3O4S. The van der Waals surface area contributed by atoms with Crippen LogP contribution in [0.5, 0.6) is 0 Å². The number of hydrogen-bond acceptors (Lipinski definition) is 5. The van der Waals surface area contributed by atoms with Gasteiger partial charge in [-0.25, -0.2) is 5.43 Å². The second-order valence-corrected chi connectivity index (χ2v) is 6.31. The number of nitrogens with one attached hydrogen (secondary N) is 1. The molecule has 0 saturated carbocycles. The Bertz CT molecular complexity index is 700. The average molecular weight is 347 g/mol. The van der Waals surface area contributed by atoms with Crippen LogP contribution in [0.3, 0.4) is 0 Å². The van der Waals surface area contributed by atoms with Gasteiger partial charge in [0.05, 0.1) is 6.42 Å². The number of hydrogen-bond donors (Lipinski definition) is 2. The van der Waals surface area contributed by atoms with Crippen LogP contribution in [0.1, 0.15) is 22.3 Å². The van der Waals surface area contributed by atoms with Crippen molar-refractivity contribution in [2.24, 2.45) is 5.10 Å². The minimum absolute atomic E-state index is 0.196. The van der Waals surface area contributed by atoms with Crippen LogP contribution < -0.4 is 5.43 Å². The third kappa shape index (κ3) is 4.23. The average Bonchev–Trinajstić information content (AvgIpc) is 2.82. The van der Waals surface area contributed by atoms with Gasteiger partial charge in [-0.05, 0) is 19.1 Å². The lowest BCUT2D eigenvalue weighted by atomic mass is 10.1. The third-order valence-electron chi connectivity index (χ3n) is 3.26. The Hall–Kier alpha value is -2.61. The molecule has 1 aromatic carbocycles. The molecule has 24 heavy (non-hydrogen) atoms. The topological polar surface area (TPSA) is 99.1 Å². The summed E-state index contributed by atoms with van der Waals surface area (Å²) in [5.41, 5.74) is 3.87. The largest absolute Gasteiger partial charge is 0.481 e. The summed E-state index contributed by atoms with van der Waals surface area (Å²) in [7, 11) is 0. The first-order chi connectivity index (χ1) is 11.4. The SMILES string of the molecule is C=CCN1C(=O)C(CC(=O)O)SC1=NNC(=O)c1ccc(C)cc1. The lowest BCUT2D eigenvalue weighted by Crippen LogP contribution is -2.34. The van der Waals surface area contributed by atoms with Gasteiger partial charge >= 0.3 is 5.97 Å². The number of rotatable bonds is 6. The number of aryl methyl sites for hydroxylation is 1. The summed E-state index contributed by atoms with van der Waals surface area (Å²) in [6.07, 6.45) is 1.21. The number of carboxylic acids is 1. The highest BCUT2D eigenvalue weighted by Crippen LogP contribution is 2.29. The van der Waals surface area contributed by atoms with E-state index in [4.69, 9.17) is 5.11 Å². The van der Waals surface area contributed by atoms with E-state index in [2.05, 4.69) is 17.1 Å².